The summed E-state index contributed by atoms with van der Waals surface area (Å²) in [6.07, 6.45) is 2.92. The van der Waals surface area contributed by atoms with Crippen molar-refractivity contribution in [1.82, 2.24) is 5.32 Å². The van der Waals surface area contributed by atoms with E-state index in [4.69, 9.17) is 0 Å². The van der Waals surface area contributed by atoms with Crippen molar-refractivity contribution in [2.75, 3.05) is 23.7 Å². The Bertz CT molecular complexity index is 595. The average molecular weight is 340 g/mol. The number of rotatable bonds is 9. The molecule has 0 aromatic heterocycles. The SMILES string of the molecule is CCc1ccc(N(CCCC(=O)NCC(C)C)S(C)(=O)=O)cc1. The number of carbonyl (C=O) groups excluding carboxylic acids is 1. The summed E-state index contributed by atoms with van der Waals surface area (Å²) in [5, 5.41) is 2.84. The van der Waals surface area contributed by atoms with Gasteiger partial charge in [0.25, 0.3) is 0 Å². The minimum atomic E-state index is -3.36. The van der Waals surface area contributed by atoms with Crippen LogP contribution < -0.4 is 9.62 Å². The van der Waals surface area contributed by atoms with Crippen molar-refractivity contribution in [2.45, 2.75) is 40.0 Å². The van der Waals surface area contributed by atoms with Gasteiger partial charge in [0.2, 0.25) is 15.9 Å². The first-order chi connectivity index (χ1) is 10.7. The normalized spacial score (nSPS) is 11.5. The van der Waals surface area contributed by atoms with Gasteiger partial charge >= 0.3 is 0 Å². The molecule has 130 valence electrons. The molecular formula is C17H28N2O3S. The smallest absolute Gasteiger partial charge is 0.232 e. The van der Waals surface area contributed by atoms with Crippen LogP contribution in [0.15, 0.2) is 24.3 Å². The van der Waals surface area contributed by atoms with Gasteiger partial charge in [-0.1, -0.05) is 32.9 Å². The molecule has 0 saturated carbocycles. The molecule has 0 spiro atoms. The van der Waals surface area contributed by atoms with Gasteiger partial charge in [-0.15, -0.1) is 0 Å². The molecule has 1 rings (SSSR count). The lowest BCUT2D eigenvalue weighted by Gasteiger charge is -2.22. The average Bonchev–Trinajstić information content (AvgIpc) is 2.48. The standard InChI is InChI=1S/C17H28N2O3S/c1-5-15-8-10-16(11-9-15)19(23(4,21)22)12-6-7-17(20)18-13-14(2)3/h8-11,14H,5-7,12-13H2,1-4H3,(H,18,20). The molecule has 1 amide bonds. The van der Waals surface area contributed by atoms with Gasteiger partial charge in [-0.3, -0.25) is 9.10 Å². The van der Waals surface area contributed by atoms with E-state index in [1.165, 1.54) is 10.6 Å². The molecule has 0 fully saturated rings. The zero-order valence-electron chi connectivity index (χ0n) is 14.5. The van der Waals surface area contributed by atoms with Crippen LogP contribution >= 0.6 is 0 Å². The molecule has 5 nitrogen and oxygen atoms in total. The number of nitrogens with zero attached hydrogens (tertiary/aromatic N) is 1. The Hall–Kier alpha value is -1.56. The van der Waals surface area contributed by atoms with Crippen molar-refractivity contribution in [3.05, 3.63) is 29.8 Å². The monoisotopic (exact) mass is 340 g/mol. The van der Waals surface area contributed by atoms with Crippen LogP contribution in [0.3, 0.4) is 0 Å². The van der Waals surface area contributed by atoms with Gasteiger partial charge in [-0.05, 0) is 36.5 Å². The van der Waals surface area contributed by atoms with Gasteiger partial charge in [0.05, 0.1) is 11.9 Å². The zero-order chi connectivity index (χ0) is 17.5. The Labute approximate surface area is 140 Å². The summed E-state index contributed by atoms with van der Waals surface area (Å²) in [6, 6.07) is 7.50. The number of carbonyl (C=O) groups is 1. The van der Waals surface area contributed by atoms with E-state index >= 15 is 0 Å². The Kier molecular flexibility index (Phi) is 7.55. The fourth-order valence-corrected chi connectivity index (χ4v) is 3.14. The number of nitrogens with one attached hydrogen (secondary N) is 1. The summed E-state index contributed by atoms with van der Waals surface area (Å²) in [6.45, 7) is 7.07. The van der Waals surface area contributed by atoms with E-state index in [0.717, 1.165) is 12.0 Å². The van der Waals surface area contributed by atoms with Crippen molar-refractivity contribution in [3.8, 4) is 0 Å². The molecule has 23 heavy (non-hydrogen) atoms. The van der Waals surface area contributed by atoms with Gasteiger partial charge in [0.1, 0.15) is 0 Å². The van der Waals surface area contributed by atoms with Crippen molar-refractivity contribution < 1.29 is 13.2 Å². The van der Waals surface area contributed by atoms with Crippen LogP contribution in [0.4, 0.5) is 5.69 Å². The first kappa shape index (κ1) is 19.5. The van der Waals surface area contributed by atoms with Crippen LogP contribution in [-0.4, -0.2) is 33.7 Å². The number of sulfonamides is 1. The minimum Gasteiger partial charge on any atom is -0.356 e. The van der Waals surface area contributed by atoms with Gasteiger partial charge in [-0.25, -0.2) is 8.42 Å². The maximum Gasteiger partial charge on any atom is 0.232 e. The number of aryl methyl sites for hydroxylation is 1. The van der Waals surface area contributed by atoms with E-state index < -0.39 is 10.0 Å². The van der Waals surface area contributed by atoms with Crippen LogP contribution in [0.25, 0.3) is 0 Å². The highest BCUT2D eigenvalue weighted by Crippen LogP contribution is 2.19. The minimum absolute atomic E-state index is 0.0338. The van der Waals surface area contributed by atoms with Crippen LogP contribution in [0.1, 0.15) is 39.2 Å². The second-order valence-electron chi connectivity index (χ2n) is 6.16. The Morgan fingerprint density at radius 1 is 1.22 bits per heavy atom. The molecule has 0 heterocycles. The Morgan fingerprint density at radius 3 is 2.30 bits per heavy atom. The molecule has 0 unspecified atom stereocenters. The fourth-order valence-electron chi connectivity index (χ4n) is 2.17. The quantitative estimate of drug-likeness (QED) is 0.751. The summed E-state index contributed by atoms with van der Waals surface area (Å²) in [5.41, 5.74) is 1.81. The first-order valence-electron chi connectivity index (χ1n) is 8.07. The summed E-state index contributed by atoms with van der Waals surface area (Å²) in [4.78, 5) is 11.7. The van der Waals surface area contributed by atoms with E-state index in [9.17, 15) is 13.2 Å². The molecule has 0 radical (unpaired) electrons. The Morgan fingerprint density at radius 2 is 1.83 bits per heavy atom. The lowest BCUT2D eigenvalue weighted by molar-refractivity contribution is -0.121. The maximum atomic E-state index is 12.0. The number of hydrogen-bond donors (Lipinski definition) is 1. The number of hydrogen-bond acceptors (Lipinski definition) is 3. The molecule has 0 atom stereocenters. The fraction of sp³-hybridized carbons (Fsp3) is 0.588. The highest BCUT2D eigenvalue weighted by Gasteiger charge is 2.17. The summed E-state index contributed by atoms with van der Waals surface area (Å²) < 4.78 is 25.4. The second kappa shape index (κ2) is 8.91. The third-order valence-corrected chi connectivity index (χ3v) is 4.70. The number of anilines is 1. The molecule has 0 bridgehead atoms. The predicted molar refractivity (Wildman–Crippen MR) is 95.1 cm³/mol. The molecule has 1 aromatic carbocycles. The lowest BCUT2D eigenvalue weighted by atomic mass is 10.1. The summed E-state index contributed by atoms with van der Waals surface area (Å²) >= 11 is 0. The maximum absolute atomic E-state index is 12.0. The molecule has 6 heteroatoms. The van der Waals surface area contributed by atoms with Crippen molar-refractivity contribution in [3.63, 3.8) is 0 Å². The van der Waals surface area contributed by atoms with Crippen LogP contribution in [0, 0.1) is 5.92 Å². The predicted octanol–water partition coefficient (Wildman–Crippen LogP) is 2.57. The van der Waals surface area contributed by atoms with Crippen molar-refractivity contribution in [2.24, 2.45) is 5.92 Å². The second-order valence-corrected chi connectivity index (χ2v) is 8.06. The molecular weight excluding hydrogens is 312 g/mol. The largest absolute Gasteiger partial charge is 0.356 e. The number of benzene rings is 1. The highest BCUT2D eigenvalue weighted by molar-refractivity contribution is 7.92. The molecule has 0 aliphatic rings. The third-order valence-electron chi connectivity index (χ3n) is 3.51. The van der Waals surface area contributed by atoms with Crippen molar-refractivity contribution >= 4 is 21.6 Å². The van der Waals surface area contributed by atoms with Crippen LogP contribution in [-0.2, 0) is 21.2 Å². The third kappa shape index (κ3) is 7.03. The van der Waals surface area contributed by atoms with Gasteiger partial charge < -0.3 is 5.32 Å². The summed E-state index contributed by atoms with van der Waals surface area (Å²) in [7, 11) is -3.36. The van der Waals surface area contributed by atoms with E-state index in [1.807, 2.05) is 38.1 Å². The molecule has 1 N–H and O–H groups in total. The topological polar surface area (TPSA) is 66.5 Å². The van der Waals surface area contributed by atoms with Crippen LogP contribution in [0.5, 0.6) is 0 Å². The molecule has 0 aliphatic heterocycles. The number of amides is 1. The molecule has 0 aliphatic carbocycles. The molecule has 0 saturated heterocycles. The van der Waals surface area contributed by atoms with E-state index in [-0.39, 0.29) is 5.91 Å². The Balaban J connectivity index is 2.64. The zero-order valence-corrected chi connectivity index (χ0v) is 15.3. The van der Waals surface area contributed by atoms with Crippen LogP contribution in [0.2, 0.25) is 0 Å². The first-order valence-corrected chi connectivity index (χ1v) is 9.92. The lowest BCUT2D eigenvalue weighted by Crippen LogP contribution is -2.32. The van der Waals surface area contributed by atoms with E-state index in [1.54, 1.807) is 0 Å². The van der Waals surface area contributed by atoms with Gasteiger partial charge in [-0.2, -0.15) is 0 Å². The van der Waals surface area contributed by atoms with Gasteiger partial charge in [0, 0.05) is 19.5 Å². The molecule has 1 aromatic rings. The summed E-state index contributed by atoms with van der Waals surface area (Å²) in [5.74, 6) is 0.372. The van der Waals surface area contributed by atoms with Crippen molar-refractivity contribution in [1.29, 1.82) is 0 Å². The van der Waals surface area contributed by atoms with E-state index in [2.05, 4.69) is 12.2 Å². The van der Waals surface area contributed by atoms with Gasteiger partial charge in [0.15, 0.2) is 0 Å². The highest BCUT2D eigenvalue weighted by atomic mass is 32.2. The van der Waals surface area contributed by atoms with E-state index in [0.29, 0.717) is 37.5 Å².